The monoisotopic (exact) mass is 295 g/mol. The number of rotatable bonds is 2. The van der Waals surface area contributed by atoms with Crippen LogP contribution >= 0.6 is 0 Å². The smallest absolute Gasteiger partial charge is 0.294 e. The minimum absolute atomic E-state index is 0.0666. The molecule has 0 saturated heterocycles. The highest BCUT2D eigenvalue weighted by Gasteiger charge is 2.06. The van der Waals surface area contributed by atoms with Gasteiger partial charge >= 0.3 is 0 Å². The molecule has 20 heavy (non-hydrogen) atoms. The van der Waals surface area contributed by atoms with Crippen LogP contribution in [0.1, 0.15) is 15.9 Å². The van der Waals surface area contributed by atoms with E-state index in [1.807, 2.05) is 6.92 Å². The highest BCUT2D eigenvalue weighted by atomic mass is 32.2. The number of carbonyl (C=O) groups excluding carboxylic acids is 1. The second-order valence-electron chi connectivity index (χ2n) is 3.78. The minimum Gasteiger partial charge on any atom is -0.366 e. The lowest BCUT2D eigenvalue weighted by molar-refractivity contribution is 0.0999. The van der Waals surface area contributed by atoms with Gasteiger partial charge < -0.3 is 5.73 Å². The molecule has 0 saturated carbocycles. The van der Waals surface area contributed by atoms with E-state index < -0.39 is 16.0 Å². The lowest BCUT2D eigenvalue weighted by atomic mass is 10.2. The molecule has 3 N–H and O–H groups in total. The van der Waals surface area contributed by atoms with E-state index in [2.05, 4.69) is 9.97 Å². The third kappa shape index (κ3) is 5.12. The van der Waals surface area contributed by atoms with Crippen molar-refractivity contribution in [2.45, 2.75) is 11.8 Å². The Morgan fingerprint density at radius 2 is 1.65 bits per heavy atom. The van der Waals surface area contributed by atoms with Crippen LogP contribution in [0.15, 0.2) is 47.9 Å². The molecule has 1 aromatic carbocycles. The summed E-state index contributed by atoms with van der Waals surface area (Å²) in [6.45, 7) is 1.84. The number of aromatic nitrogens is 2. The van der Waals surface area contributed by atoms with Crippen LogP contribution in [0.2, 0.25) is 0 Å². The molecule has 0 bridgehead atoms. The van der Waals surface area contributed by atoms with Crippen LogP contribution in [0.3, 0.4) is 0 Å². The molecular weight excluding hydrogens is 282 g/mol. The van der Waals surface area contributed by atoms with Crippen molar-refractivity contribution in [1.82, 2.24) is 9.97 Å². The summed E-state index contributed by atoms with van der Waals surface area (Å²) in [4.78, 5) is 17.5. The zero-order valence-corrected chi connectivity index (χ0v) is 11.4. The van der Waals surface area contributed by atoms with E-state index in [9.17, 15) is 13.2 Å². The first-order valence-corrected chi connectivity index (χ1v) is 6.83. The molecule has 0 spiro atoms. The Balaban J connectivity index is 0.000000204. The van der Waals surface area contributed by atoms with Crippen LogP contribution in [0, 0.1) is 6.92 Å². The molecule has 0 unspecified atom stereocenters. The number of primary amides is 1. The number of nitrogens with zero attached hydrogens (tertiary/aromatic N) is 2. The van der Waals surface area contributed by atoms with E-state index in [1.165, 1.54) is 30.9 Å². The first-order valence-electron chi connectivity index (χ1n) is 5.39. The third-order valence-corrected chi connectivity index (χ3v) is 3.03. The number of amides is 1. The number of benzene rings is 1. The SMILES string of the molecule is Cc1ccc(S(=O)(=O)O)cc1.NC(=O)c1cncnc1. The average Bonchev–Trinajstić information content (AvgIpc) is 2.40. The molecule has 8 heteroatoms. The van der Waals surface area contributed by atoms with Crippen molar-refractivity contribution in [3.8, 4) is 0 Å². The summed E-state index contributed by atoms with van der Waals surface area (Å²) >= 11 is 0. The number of hydrogen-bond donors (Lipinski definition) is 2. The largest absolute Gasteiger partial charge is 0.366 e. The van der Waals surface area contributed by atoms with Crippen molar-refractivity contribution in [3.63, 3.8) is 0 Å². The second-order valence-corrected chi connectivity index (χ2v) is 5.20. The molecule has 7 nitrogen and oxygen atoms in total. The van der Waals surface area contributed by atoms with Gasteiger partial charge in [0.05, 0.1) is 10.5 Å². The highest BCUT2D eigenvalue weighted by molar-refractivity contribution is 7.85. The van der Waals surface area contributed by atoms with Gasteiger partial charge in [-0.1, -0.05) is 17.7 Å². The van der Waals surface area contributed by atoms with E-state index in [4.69, 9.17) is 10.3 Å². The van der Waals surface area contributed by atoms with Gasteiger partial charge in [0.2, 0.25) is 0 Å². The maximum absolute atomic E-state index is 10.5. The van der Waals surface area contributed by atoms with E-state index in [-0.39, 0.29) is 4.90 Å². The fourth-order valence-corrected chi connectivity index (χ4v) is 1.62. The molecular formula is C12H13N3O4S. The lowest BCUT2D eigenvalue weighted by Crippen LogP contribution is -2.11. The van der Waals surface area contributed by atoms with E-state index in [0.29, 0.717) is 5.56 Å². The van der Waals surface area contributed by atoms with Gasteiger partial charge in [0, 0.05) is 12.4 Å². The number of nitrogens with two attached hydrogens (primary N) is 1. The first kappa shape index (κ1) is 15.7. The Labute approximate surface area is 116 Å². The average molecular weight is 295 g/mol. The summed E-state index contributed by atoms with van der Waals surface area (Å²) in [5, 5.41) is 0. The molecule has 0 aliphatic rings. The molecule has 0 atom stereocenters. The molecule has 0 fully saturated rings. The van der Waals surface area contributed by atoms with Crippen molar-refractivity contribution < 1.29 is 17.8 Å². The summed E-state index contributed by atoms with van der Waals surface area (Å²) in [7, 11) is -4.02. The van der Waals surface area contributed by atoms with Crippen LogP contribution in [0.25, 0.3) is 0 Å². The lowest BCUT2D eigenvalue weighted by Gasteiger charge is -1.95. The fourth-order valence-electron chi connectivity index (χ4n) is 1.14. The molecule has 1 amide bonds. The third-order valence-electron chi connectivity index (χ3n) is 2.16. The Morgan fingerprint density at radius 1 is 1.15 bits per heavy atom. The van der Waals surface area contributed by atoms with Crippen molar-refractivity contribution in [2.24, 2.45) is 5.73 Å². The minimum atomic E-state index is -4.02. The van der Waals surface area contributed by atoms with E-state index >= 15 is 0 Å². The molecule has 106 valence electrons. The van der Waals surface area contributed by atoms with Crippen molar-refractivity contribution in [3.05, 3.63) is 54.1 Å². The van der Waals surface area contributed by atoms with Gasteiger partial charge in [0.15, 0.2) is 0 Å². The van der Waals surface area contributed by atoms with Crippen molar-refractivity contribution >= 4 is 16.0 Å². The molecule has 2 rings (SSSR count). The zero-order chi connectivity index (χ0) is 15.2. The summed E-state index contributed by atoms with van der Waals surface area (Å²) in [5.74, 6) is -0.504. The fraction of sp³-hybridized carbons (Fsp3) is 0.0833. The molecule has 1 heterocycles. The molecule has 1 aromatic heterocycles. The Bertz CT molecular complexity index is 670. The predicted octanol–water partition coefficient (Wildman–Crippen LogP) is 0.817. The molecule has 2 aromatic rings. The normalized spacial score (nSPS) is 10.3. The number of aryl methyl sites for hydroxylation is 1. The standard InChI is InChI=1S/C7H8O3S.C5H5N3O/c1-6-2-4-7(5-3-6)11(8,9)10;6-5(9)4-1-7-3-8-2-4/h2-5H,1H3,(H,8,9,10);1-3H,(H2,6,9). The quantitative estimate of drug-likeness (QED) is 0.790. The maximum Gasteiger partial charge on any atom is 0.294 e. The van der Waals surface area contributed by atoms with Gasteiger partial charge in [-0.2, -0.15) is 8.42 Å². The first-order chi connectivity index (χ1) is 9.30. The predicted molar refractivity (Wildman–Crippen MR) is 71.5 cm³/mol. The zero-order valence-electron chi connectivity index (χ0n) is 10.6. The van der Waals surface area contributed by atoms with Crippen LogP contribution < -0.4 is 5.73 Å². The van der Waals surface area contributed by atoms with E-state index in [1.54, 1.807) is 12.1 Å². The maximum atomic E-state index is 10.5. The summed E-state index contributed by atoms with van der Waals surface area (Å²) < 4.78 is 29.6. The molecule has 0 aliphatic carbocycles. The van der Waals surface area contributed by atoms with Gasteiger partial charge in [-0.15, -0.1) is 0 Å². The summed E-state index contributed by atoms with van der Waals surface area (Å²) in [5.41, 5.74) is 6.18. The second kappa shape index (κ2) is 6.73. The van der Waals surface area contributed by atoms with Crippen molar-refractivity contribution in [2.75, 3.05) is 0 Å². The van der Waals surface area contributed by atoms with Crippen LogP contribution in [0.5, 0.6) is 0 Å². The van der Waals surface area contributed by atoms with Crippen LogP contribution in [-0.4, -0.2) is 28.8 Å². The van der Waals surface area contributed by atoms with Crippen LogP contribution in [-0.2, 0) is 10.1 Å². The van der Waals surface area contributed by atoms with Gasteiger partial charge in [-0.3, -0.25) is 9.35 Å². The van der Waals surface area contributed by atoms with Gasteiger partial charge in [-0.05, 0) is 19.1 Å². The van der Waals surface area contributed by atoms with Crippen LogP contribution in [0.4, 0.5) is 0 Å². The van der Waals surface area contributed by atoms with Gasteiger partial charge in [0.25, 0.3) is 16.0 Å². The Hall–Kier alpha value is -2.32. The summed E-state index contributed by atoms with van der Waals surface area (Å²) in [6, 6.07) is 5.99. The Kier molecular flexibility index (Phi) is 5.30. The van der Waals surface area contributed by atoms with E-state index in [0.717, 1.165) is 5.56 Å². The Morgan fingerprint density at radius 3 is 2.00 bits per heavy atom. The molecule has 0 aliphatic heterocycles. The van der Waals surface area contributed by atoms with Gasteiger partial charge in [-0.25, -0.2) is 9.97 Å². The summed E-state index contributed by atoms with van der Waals surface area (Å²) in [6.07, 6.45) is 4.08. The van der Waals surface area contributed by atoms with Gasteiger partial charge in [0.1, 0.15) is 6.33 Å². The number of hydrogen-bond acceptors (Lipinski definition) is 5. The van der Waals surface area contributed by atoms with Crippen molar-refractivity contribution in [1.29, 1.82) is 0 Å². The molecule has 0 radical (unpaired) electrons. The topological polar surface area (TPSA) is 123 Å². The highest BCUT2D eigenvalue weighted by Crippen LogP contribution is 2.08. The number of carbonyl (C=O) groups is 1.